The quantitative estimate of drug-likeness (QED) is 0.612. The first kappa shape index (κ1) is 9.32. The lowest BCUT2D eigenvalue weighted by molar-refractivity contribution is 0.0455. The van der Waals surface area contributed by atoms with Gasteiger partial charge in [-0.15, -0.1) is 0 Å². The summed E-state index contributed by atoms with van der Waals surface area (Å²) in [7, 11) is 0. The van der Waals surface area contributed by atoms with Gasteiger partial charge in [-0.05, 0) is 6.42 Å². The van der Waals surface area contributed by atoms with E-state index >= 15 is 0 Å². The molecule has 0 amide bonds. The largest absolute Gasteiger partial charge is 0.396 e. The molecule has 0 aliphatic carbocycles. The summed E-state index contributed by atoms with van der Waals surface area (Å²) in [6.07, 6.45) is 0.709. The third-order valence-electron chi connectivity index (χ3n) is 1.65. The molecule has 66 valence electrons. The van der Waals surface area contributed by atoms with Gasteiger partial charge in [0, 0.05) is 18.4 Å². The number of aliphatic hydroxyl groups excluding tert-OH is 1. The Morgan fingerprint density at radius 3 is 2.82 bits per heavy atom. The third kappa shape index (κ3) is 3.42. The predicted octanol–water partition coefficient (Wildman–Crippen LogP) is -0.172. The van der Waals surface area contributed by atoms with E-state index in [9.17, 15) is 0 Å². The fraction of sp³-hybridized carbons (Fsp3) is 1.00. The van der Waals surface area contributed by atoms with Crippen LogP contribution in [0, 0.1) is 0 Å². The van der Waals surface area contributed by atoms with Crippen LogP contribution in [0.2, 0.25) is 0 Å². The Kier molecular flexibility index (Phi) is 4.22. The molecule has 1 aliphatic heterocycles. The molecule has 0 saturated carbocycles. The molecule has 0 aromatic rings. The van der Waals surface area contributed by atoms with Crippen LogP contribution in [-0.4, -0.2) is 42.0 Å². The molecule has 1 aliphatic rings. The molecule has 0 spiro atoms. The topological polar surface area (TPSA) is 55.5 Å². The smallest absolute Gasteiger partial charge is 0.0607 e. The van der Waals surface area contributed by atoms with Crippen LogP contribution in [0.15, 0.2) is 0 Å². The van der Waals surface area contributed by atoms with Gasteiger partial charge in [0.1, 0.15) is 0 Å². The van der Waals surface area contributed by atoms with Crippen LogP contribution in [-0.2, 0) is 4.74 Å². The molecule has 1 unspecified atom stereocenters. The summed E-state index contributed by atoms with van der Waals surface area (Å²) in [6, 6.07) is 0.144. The SMILES string of the molecule is NC(CCO)CSC1COC1. The van der Waals surface area contributed by atoms with Crippen LogP contribution in [0.5, 0.6) is 0 Å². The van der Waals surface area contributed by atoms with E-state index in [0.29, 0.717) is 11.7 Å². The molecule has 1 rings (SSSR count). The Bertz CT molecular complexity index is 109. The fourth-order valence-electron chi connectivity index (χ4n) is 0.819. The zero-order valence-corrected chi connectivity index (χ0v) is 7.35. The van der Waals surface area contributed by atoms with Crippen LogP contribution in [0.1, 0.15) is 6.42 Å². The molecule has 0 radical (unpaired) electrons. The number of nitrogens with two attached hydrogens (primary N) is 1. The summed E-state index contributed by atoms with van der Waals surface area (Å²) in [6.45, 7) is 1.94. The second kappa shape index (κ2) is 4.98. The van der Waals surface area contributed by atoms with Crippen molar-refractivity contribution in [2.75, 3.05) is 25.6 Å². The van der Waals surface area contributed by atoms with Crippen LogP contribution in [0.25, 0.3) is 0 Å². The minimum Gasteiger partial charge on any atom is -0.396 e. The van der Waals surface area contributed by atoms with Crippen molar-refractivity contribution in [2.24, 2.45) is 5.73 Å². The standard InChI is InChI=1S/C7H15NO2S/c8-6(1-2-9)5-11-7-3-10-4-7/h6-7,9H,1-5,8H2. The molecule has 1 fully saturated rings. The molecule has 1 atom stereocenters. The summed E-state index contributed by atoms with van der Waals surface area (Å²) in [4.78, 5) is 0. The van der Waals surface area contributed by atoms with Crippen LogP contribution in [0.3, 0.4) is 0 Å². The number of thioether (sulfide) groups is 1. The summed E-state index contributed by atoms with van der Waals surface area (Å²) >= 11 is 1.85. The van der Waals surface area contributed by atoms with Gasteiger partial charge in [0.05, 0.1) is 18.5 Å². The van der Waals surface area contributed by atoms with Gasteiger partial charge in [-0.3, -0.25) is 0 Å². The van der Waals surface area contributed by atoms with Crippen LogP contribution >= 0.6 is 11.8 Å². The van der Waals surface area contributed by atoms with Crippen molar-refractivity contribution in [3.8, 4) is 0 Å². The Morgan fingerprint density at radius 2 is 2.36 bits per heavy atom. The van der Waals surface area contributed by atoms with E-state index < -0.39 is 0 Å². The van der Waals surface area contributed by atoms with Gasteiger partial charge < -0.3 is 15.6 Å². The van der Waals surface area contributed by atoms with E-state index in [1.54, 1.807) is 0 Å². The highest BCUT2D eigenvalue weighted by molar-refractivity contribution is 8.00. The monoisotopic (exact) mass is 177 g/mol. The lowest BCUT2D eigenvalue weighted by atomic mass is 10.3. The van der Waals surface area contributed by atoms with Gasteiger partial charge in [-0.25, -0.2) is 0 Å². The molecule has 3 nitrogen and oxygen atoms in total. The van der Waals surface area contributed by atoms with Gasteiger partial charge in [-0.2, -0.15) is 11.8 Å². The van der Waals surface area contributed by atoms with E-state index in [1.807, 2.05) is 11.8 Å². The highest BCUT2D eigenvalue weighted by Gasteiger charge is 2.19. The second-order valence-corrected chi connectivity index (χ2v) is 4.10. The van der Waals surface area contributed by atoms with E-state index in [-0.39, 0.29) is 12.6 Å². The maximum Gasteiger partial charge on any atom is 0.0607 e. The molecular weight excluding hydrogens is 162 g/mol. The van der Waals surface area contributed by atoms with Crippen molar-refractivity contribution in [2.45, 2.75) is 17.7 Å². The van der Waals surface area contributed by atoms with Gasteiger partial charge >= 0.3 is 0 Å². The average molecular weight is 177 g/mol. The Hall–Kier alpha value is 0.230. The first-order valence-corrected chi connectivity index (χ1v) is 4.93. The Balaban J connectivity index is 1.92. The average Bonchev–Trinajstić information content (AvgIpc) is 1.85. The first-order valence-electron chi connectivity index (χ1n) is 3.88. The maximum atomic E-state index is 8.56. The number of hydrogen-bond acceptors (Lipinski definition) is 4. The molecule has 1 saturated heterocycles. The second-order valence-electron chi connectivity index (χ2n) is 2.77. The zero-order chi connectivity index (χ0) is 8.10. The van der Waals surface area contributed by atoms with Crippen molar-refractivity contribution in [1.82, 2.24) is 0 Å². The highest BCUT2D eigenvalue weighted by atomic mass is 32.2. The van der Waals surface area contributed by atoms with Crippen molar-refractivity contribution < 1.29 is 9.84 Å². The zero-order valence-electron chi connectivity index (χ0n) is 6.53. The van der Waals surface area contributed by atoms with Crippen molar-refractivity contribution >= 4 is 11.8 Å². The lowest BCUT2D eigenvalue weighted by Gasteiger charge is -2.26. The Labute approximate surface area is 71.3 Å². The number of ether oxygens (including phenoxy) is 1. The number of aliphatic hydroxyl groups is 1. The lowest BCUT2D eigenvalue weighted by Crippen LogP contribution is -2.33. The van der Waals surface area contributed by atoms with Crippen molar-refractivity contribution in [3.05, 3.63) is 0 Å². The van der Waals surface area contributed by atoms with Gasteiger partial charge in [0.25, 0.3) is 0 Å². The summed E-state index contributed by atoms with van der Waals surface area (Å²) in [5.41, 5.74) is 5.69. The molecule has 4 heteroatoms. The van der Waals surface area contributed by atoms with E-state index in [0.717, 1.165) is 19.0 Å². The molecule has 0 aromatic heterocycles. The van der Waals surface area contributed by atoms with Gasteiger partial charge in [-0.1, -0.05) is 0 Å². The molecule has 1 heterocycles. The van der Waals surface area contributed by atoms with Gasteiger partial charge in [0.2, 0.25) is 0 Å². The van der Waals surface area contributed by atoms with Crippen LogP contribution < -0.4 is 5.73 Å². The molecule has 3 N–H and O–H groups in total. The van der Waals surface area contributed by atoms with Crippen molar-refractivity contribution in [3.63, 3.8) is 0 Å². The van der Waals surface area contributed by atoms with E-state index in [4.69, 9.17) is 15.6 Å². The van der Waals surface area contributed by atoms with E-state index in [1.165, 1.54) is 0 Å². The number of rotatable bonds is 5. The minimum atomic E-state index is 0.144. The van der Waals surface area contributed by atoms with E-state index in [2.05, 4.69) is 0 Å². The molecule has 11 heavy (non-hydrogen) atoms. The number of hydrogen-bond donors (Lipinski definition) is 2. The maximum absolute atomic E-state index is 8.56. The summed E-state index contributed by atoms with van der Waals surface area (Å²) < 4.78 is 5.02. The summed E-state index contributed by atoms with van der Waals surface area (Å²) in [5.74, 6) is 0.939. The fourth-order valence-corrected chi connectivity index (χ4v) is 1.89. The Morgan fingerprint density at radius 1 is 1.64 bits per heavy atom. The van der Waals surface area contributed by atoms with Crippen molar-refractivity contribution in [1.29, 1.82) is 0 Å². The molecular formula is C7H15NO2S. The summed E-state index contributed by atoms with van der Waals surface area (Å²) in [5, 5.41) is 9.21. The third-order valence-corrected chi connectivity index (χ3v) is 3.02. The van der Waals surface area contributed by atoms with Crippen LogP contribution in [0.4, 0.5) is 0 Å². The highest BCUT2D eigenvalue weighted by Crippen LogP contribution is 2.19. The molecule has 0 bridgehead atoms. The van der Waals surface area contributed by atoms with Gasteiger partial charge in [0.15, 0.2) is 0 Å². The normalized spacial score (nSPS) is 21.3. The predicted molar refractivity (Wildman–Crippen MR) is 46.7 cm³/mol. The first-order chi connectivity index (χ1) is 5.33. The minimum absolute atomic E-state index is 0.144. The molecule has 0 aromatic carbocycles.